The predicted molar refractivity (Wildman–Crippen MR) is 113 cm³/mol. The first-order valence-corrected chi connectivity index (χ1v) is 10.2. The van der Waals surface area contributed by atoms with Gasteiger partial charge in [0.05, 0.1) is 39.5 Å². The van der Waals surface area contributed by atoms with Gasteiger partial charge in [0, 0.05) is 6.42 Å². The van der Waals surface area contributed by atoms with Crippen molar-refractivity contribution in [1.29, 1.82) is 0 Å². The Hall–Kier alpha value is -3.06. The average Bonchev–Trinajstić information content (AvgIpc) is 3.05. The fourth-order valence-electron chi connectivity index (χ4n) is 3.51. The molecule has 2 aromatic rings. The van der Waals surface area contributed by atoms with Crippen molar-refractivity contribution in [2.45, 2.75) is 32.2 Å². The van der Waals surface area contributed by atoms with Crippen LogP contribution < -0.4 is 24.4 Å². The van der Waals surface area contributed by atoms with Gasteiger partial charge in [0.2, 0.25) is 5.91 Å². The number of hydrogen-bond acceptors (Lipinski definition) is 5. The van der Waals surface area contributed by atoms with Crippen molar-refractivity contribution in [1.82, 2.24) is 0 Å². The zero-order valence-corrected chi connectivity index (χ0v) is 17.7. The van der Waals surface area contributed by atoms with E-state index in [2.05, 4.69) is 0 Å². The Morgan fingerprint density at radius 3 is 2.43 bits per heavy atom. The summed E-state index contributed by atoms with van der Waals surface area (Å²) in [5.74, 6) is 1.75. The Balaban J connectivity index is 1.57. The molecule has 1 aliphatic heterocycles. The van der Waals surface area contributed by atoms with Crippen LogP contribution in [-0.4, -0.2) is 45.2 Å². The molecule has 0 saturated carbocycles. The SMILES string of the molecule is CCCOc1ccc(N2C(=O)C[C@@H]([NH2+]CCc3ccc(OC)c(OC)c3)C2=O)cc1. The van der Waals surface area contributed by atoms with Crippen LogP contribution in [0, 0.1) is 0 Å². The van der Waals surface area contributed by atoms with E-state index in [1.807, 2.05) is 30.4 Å². The molecule has 30 heavy (non-hydrogen) atoms. The molecule has 0 unspecified atom stereocenters. The molecule has 0 bridgehead atoms. The van der Waals surface area contributed by atoms with Crippen LogP contribution in [0.15, 0.2) is 42.5 Å². The zero-order chi connectivity index (χ0) is 21.5. The van der Waals surface area contributed by atoms with E-state index in [0.717, 1.165) is 24.2 Å². The van der Waals surface area contributed by atoms with Crippen LogP contribution in [0.2, 0.25) is 0 Å². The first-order valence-electron chi connectivity index (χ1n) is 10.2. The summed E-state index contributed by atoms with van der Waals surface area (Å²) in [5.41, 5.74) is 1.67. The first kappa shape index (κ1) is 21.6. The molecule has 2 aromatic carbocycles. The molecule has 1 heterocycles. The van der Waals surface area contributed by atoms with E-state index in [-0.39, 0.29) is 18.2 Å². The molecule has 2 amide bonds. The van der Waals surface area contributed by atoms with E-state index in [0.29, 0.717) is 30.3 Å². The van der Waals surface area contributed by atoms with Crippen LogP contribution in [0.25, 0.3) is 0 Å². The van der Waals surface area contributed by atoms with Gasteiger partial charge in [-0.1, -0.05) is 13.0 Å². The van der Waals surface area contributed by atoms with Crippen molar-refractivity contribution in [3.8, 4) is 17.2 Å². The quantitative estimate of drug-likeness (QED) is 0.602. The summed E-state index contributed by atoms with van der Waals surface area (Å²) < 4.78 is 16.1. The highest BCUT2D eigenvalue weighted by Crippen LogP contribution is 2.27. The van der Waals surface area contributed by atoms with Crippen molar-refractivity contribution in [2.24, 2.45) is 0 Å². The third kappa shape index (κ3) is 4.91. The van der Waals surface area contributed by atoms with E-state index in [9.17, 15) is 9.59 Å². The number of rotatable bonds is 10. The second kappa shape index (κ2) is 10.1. The lowest BCUT2D eigenvalue weighted by atomic mass is 10.1. The number of imide groups is 1. The van der Waals surface area contributed by atoms with Gasteiger partial charge < -0.3 is 19.5 Å². The number of nitrogens with two attached hydrogens (primary N) is 1. The van der Waals surface area contributed by atoms with Crippen LogP contribution in [0.4, 0.5) is 5.69 Å². The topological polar surface area (TPSA) is 81.7 Å². The second-order valence-electron chi connectivity index (χ2n) is 7.18. The molecule has 0 aliphatic carbocycles. The summed E-state index contributed by atoms with van der Waals surface area (Å²) in [5, 5.41) is 1.94. The zero-order valence-electron chi connectivity index (χ0n) is 17.7. The number of carbonyl (C=O) groups excluding carboxylic acids is 2. The average molecular weight is 413 g/mol. The third-order valence-electron chi connectivity index (χ3n) is 5.08. The monoisotopic (exact) mass is 413 g/mol. The molecule has 7 nitrogen and oxygen atoms in total. The third-order valence-corrected chi connectivity index (χ3v) is 5.08. The van der Waals surface area contributed by atoms with Crippen molar-refractivity contribution in [3.05, 3.63) is 48.0 Å². The Bertz CT molecular complexity index is 882. The lowest BCUT2D eigenvalue weighted by Gasteiger charge is -2.15. The summed E-state index contributed by atoms with van der Waals surface area (Å²) in [4.78, 5) is 26.5. The molecule has 0 radical (unpaired) electrons. The lowest BCUT2D eigenvalue weighted by molar-refractivity contribution is -0.674. The number of quaternary nitrogens is 1. The summed E-state index contributed by atoms with van der Waals surface area (Å²) >= 11 is 0. The number of anilines is 1. The van der Waals surface area contributed by atoms with Crippen LogP contribution in [0.5, 0.6) is 17.2 Å². The number of benzene rings is 2. The van der Waals surface area contributed by atoms with Gasteiger partial charge >= 0.3 is 0 Å². The number of methoxy groups -OCH3 is 2. The predicted octanol–water partition coefficient (Wildman–Crippen LogP) is 1.93. The van der Waals surface area contributed by atoms with Crippen molar-refractivity contribution >= 4 is 17.5 Å². The van der Waals surface area contributed by atoms with Gasteiger partial charge in [0.15, 0.2) is 17.5 Å². The van der Waals surface area contributed by atoms with Gasteiger partial charge in [-0.05, 0) is 48.4 Å². The van der Waals surface area contributed by atoms with E-state index < -0.39 is 6.04 Å². The maximum Gasteiger partial charge on any atom is 0.292 e. The summed E-state index contributed by atoms with van der Waals surface area (Å²) in [7, 11) is 3.21. The molecule has 160 valence electrons. The Labute approximate surface area is 176 Å². The molecule has 2 N–H and O–H groups in total. The highest BCUT2D eigenvalue weighted by atomic mass is 16.5. The van der Waals surface area contributed by atoms with Crippen LogP contribution >= 0.6 is 0 Å². The smallest absolute Gasteiger partial charge is 0.292 e. The van der Waals surface area contributed by atoms with Crippen molar-refractivity contribution in [2.75, 3.05) is 32.3 Å². The second-order valence-corrected chi connectivity index (χ2v) is 7.18. The van der Waals surface area contributed by atoms with E-state index in [4.69, 9.17) is 14.2 Å². The van der Waals surface area contributed by atoms with Gasteiger partial charge in [0.25, 0.3) is 5.91 Å². The molecule has 1 aliphatic rings. The van der Waals surface area contributed by atoms with E-state index in [1.54, 1.807) is 38.5 Å². The molecule has 1 atom stereocenters. The highest BCUT2D eigenvalue weighted by molar-refractivity contribution is 6.21. The fraction of sp³-hybridized carbons (Fsp3) is 0.391. The molecule has 0 spiro atoms. The van der Waals surface area contributed by atoms with Gasteiger partial charge in [-0.25, -0.2) is 4.90 Å². The van der Waals surface area contributed by atoms with Crippen LogP contribution in [-0.2, 0) is 16.0 Å². The van der Waals surface area contributed by atoms with Gasteiger partial charge in [-0.3, -0.25) is 9.59 Å². The molecular weight excluding hydrogens is 384 g/mol. The minimum absolute atomic E-state index is 0.172. The van der Waals surface area contributed by atoms with Gasteiger partial charge in [-0.2, -0.15) is 0 Å². The maximum absolute atomic E-state index is 12.8. The number of nitrogens with zero attached hydrogens (tertiary/aromatic N) is 1. The first-order chi connectivity index (χ1) is 14.6. The van der Waals surface area contributed by atoms with Crippen molar-refractivity contribution < 1.29 is 29.1 Å². The summed E-state index contributed by atoms with van der Waals surface area (Å²) in [6, 6.07) is 12.5. The molecule has 1 saturated heterocycles. The molecular formula is C23H29N2O5+. The number of ether oxygens (including phenoxy) is 3. The normalized spacial score (nSPS) is 16.1. The minimum atomic E-state index is -0.395. The molecule has 0 aromatic heterocycles. The minimum Gasteiger partial charge on any atom is -0.494 e. The van der Waals surface area contributed by atoms with Crippen LogP contribution in [0.3, 0.4) is 0 Å². The Morgan fingerprint density at radius 1 is 1.03 bits per heavy atom. The Kier molecular flexibility index (Phi) is 7.30. The van der Waals surface area contributed by atoms with Gasteiger partial charge in [0.1, 0.15) is 5.75 Å². The summed E-state index contributed by atoms with van der Waals surface area (Å²) in [6.45, 7) is 3.37. The highest BCUT2D eigenvalue weighted by Gasteiger charge is 2.42. The fourth-order valence-corrected chi connectivity index (χ4v) is 3.51. The lowest BCUT2D eigenvalue weighted by Crippen LogP contribution is -2.92. The molecule has 3 rings (SSSR count). The van der Waals surface area contributed by atoms with E-state index in [1.165, 1.54) is 4.90 Å². The molecule has 1 fully saturated rings. The number of amides is 2. The van der Waals surface area contributed by atoms with Crippen molar-refractivity contribution in [3.63, 3.8) is 0 Å². The van der Waals surface area contributed by atoms with E-state index >= 15 is 0 Å². The standard InChI is InChI=1S/C23H28N2O5/c1-4-13-30-18-8-6-17(7-9-18)25-22(26)15-19(23(25)27)24-12-11-16-5-10-20(28-2)21(14-16)29-3/h5-10,14,19,24H,4,11-13,15H2,1-3H3/p+1/t19-/m1/s1. The van der Waals surface area contributed by atoms with Crippen LogP contribution in [0.1, 0.15) is 25.3 Å². The number of hydrogen-bond donors (Lipinski definition) is 1. The summed E-state index contributed by atoms with van der Waals surface area (Å²) in [6.07, 6.45) is 1.88. The maximum atomic E-state index is 12.8. The Morgan fingerprint density at radius 2 is 1.77 bits per heavy atom. The molecule has 7 heteroatoms. The van der Waals surface area contributed by atoms with Gasteiger partial charge in [-0.15, -0.1) is 0 Å². The largest absolute Gasteiger partial charge is 0.494 e. The number of carbonyl (C=O) groups is 2.